The summed E-state index contributed by atoms with van der Waals surface area (Å²) in [4.78, 5) is 12.3. The van der Waals surface area contributed by atoms with Crippen LogP contribution in [-0.2, 0) is 11.3 Å². The molecule has 0 aromatic heterocycles. The van der Waals surface area contributed by atoms with Gasteiger partial charge in [0.2, 0.25) is 0 Å². The molecule has 3 aromatic carbocycles. The van der Waals surface area contributed by atoms with E-state index in [0.717, 1.165) is 16.8 Å². The number of benzene rings is 3. The Kier molecular flexibility index (Phi) is 8.51. The van der Waals surface area contributed by atoms with Crippen molar-refractivity contribution in [1.82, 2.24) is 0 Å². The monoisotopic (exact) mass is 492 g/mol. The van der Waals surface area contributed by atoms with Gasteiger partial charge in [0, 0.05) is 17.9 Å². The third-order valence-electron chi connectivity index (χ3n) is 4.47. The highest BCUT2D eigenvalue weighted by Crippen LogP contribution is 2.37. The molecule has 0 saturated carbocycles. The molecule has 0 atom stereocenters. The fraction of sp³-hybridized carbons (Fsp3) is 0.208. The zero-order chi connectivity index (χ0) is 23.1. The number of carbonyl (C=O) groups excluding carboxylic acids is 1. The zero-order valence-corrected chi connectivity index (χ0v) is 19.9. The van der Waals surface area contributed by atoms with Crippen molar-refractivity contribution in [3.05, 3.63) is 80.8 Å². The van der Waals surface area contributed by atoms with E-state index in [2.05, 4.69) is 10.6 Å². The summed E-state index contributed by atoms with van der Waals surface area (Å²) < 4.78 is 11.4. The summed E-state index contributed by atoms with van der Waals surface area (Å²) >= 11 is 18.5. The molecule has 5 nitrogen and oxygen atoms in total. The molecule has 3 rings (SSSR count). The molecule has 0 bridgehead atoms. The van der Waals surface area contributed by atoms with Gasteiger partial charge in [-0.3, -0.25) is 4.79 Å². The Morgan fingerprint density at radius 2 is 1.59 bits per heavy atom. The molecule has 0 unspecified atom stereocenters. The first-order chi connectivity index (χ1) is 15.4. The van der Waals surface area contributed by atoms with E-state index < -0.39 is 0 Å². The average Bonchev–Trinajstić information content (AvgIpc) is 2.76. The first-order valence-electron chi connectivity index (χ1n) is 9.99. The Morgan fingerprint density at radius 1 is 0.875 bits per heavy atom. The molecule has 168 valence electrons. The van der Waals surface area contributed by atoms with Crippen LogP contribution in [0.5, 0.6) is 11.5 Å². The van der Waals surface area contributed by atoms with Crippen molar-refractivity contribution in [3.8, 4) is 11.5 Å². The van der Waals surface area contributed by atoms with Gasteiger partial charge in [0.1, 0.15) is 0 Å². The van der Waals surface area contributed by atoms with E-state index in [-0.39, 0.29) is 12.5 Å². The van der Waals surface area contributed by atoms with Crippen LogP contribution in [-0.4, -0.2) is 19.1 Å². The number of nitrogens with one attached hydrogen (secondary N) is 2. The van der Waals surface area contributed by atoms with Gasteiger partial charge in [-0.15, -0.1) is 0 Å². The lowest BCUT2D eigenvalue weighted by atomic mass is 10.2. The minimum absolute atomic E-state index is 0.200. The molecule has 0 aliphatic carbocycles. The number of hydrogen-bond donors (Lipinski definition) is 2. The van der Waals surface area contributed by atoms with Crippen molar-refractivity contribution >= 4 is 52.1 Å². The number of halogens is 3. The molecule has 2 N–H and O–H groups in total. The maximum atomic E-state index is 12.3. The molecule has 0 fully saturated rings. The molecule has 0 aliphatic heterocycles. The molecule has 0 saturated heterocycles. The van der Waals surface area contributed by atoms with Gasteiger partial charge >= 0.3 is 0 Å². The summed E-state index contributed by atoms with van der Waals surface area (Å²) in [7, 11) is 0. The molecular weight excluding hydrogens is 471 g/mol. The van der Waals surface area contributed by atoms with Crippen LogP contribution >= 0.6 is 34.8 Å². The Labute approximate surface area is 202 Å². The van der Waals surface area contributed by atoms with Crippen LogP contribution < -0.4 is 20.1 Å². The Hall–Kier alpha value is -2.60. The SMILES string of the molecule is CCOc1cc(CNc2ccc(Cl)c(Cl)c2)cc(Cl)c1OCC(=O)Nc1ccc(C)cc1. The second-order valence-electron chi connectivity index (χ2n) is 7.02. The normalized spacial score (nSPS) is 10.5. The molecule has 0 heterocycles. The van der Waals surface area contributed by atoms with E-state index in [1.54, 1.807) is 18.2 Å². The summed E-state index contributed by atoms with van der Waals surface area (Å²) in [6, 6.07) is 16.4. The number of rotatable bonds is 9. The number of anilines is 2. The Balaban J connectivity index is 1.66. The first kappa shape index (κ1) is 24.1. The van der Waals surface area contributed by atoms with Gasteiger partial charge in [-0.1, -0.05) is 52.5 Å². The summed E-state index contributed by atoms with van der Waals surface area (Å²) in [6.07, 6.45) is 0. The van der Waals surface area contributed by atoms with Crippen LogP contribution in [0.25, 0.3) is 0 Å². The minimum atomic E-state index is -0.294. The van der Waals surface area contributed by atoms with Gasteiger partial charge in [-0.05, 0) is 61.9 Å². The van der Waals surface area contributed by atoms with Crippen LogP contribution in [0.2, 0.25) is 15.1 Å². The van der Waals surface area contributed by atoms with E-state index in [1.165, 1.54) is 0 Å². The van der Waals surface area contributed by atoms with Crippen molar-refractivity contribution < 1.29 is 14.3 Å². The molecular formula is C24H23Cl3N2O3. The third kappa shape index (κ3) is 6.70. The van der Waals surface area contributed by atoms with Gasteiger partial charge < -0.3 is 20.1 Å². The minimum Gasteiger partial charge on any atom is -0.490 e. The van der Waals surface area contributed by atoms with E-state index in [0.29, 0.717) is 45.4 Å². The van der Waals surface area contributed by atoms with Crippen LogP contribution in [0.3, 0.4) is 0 Å². The number of carbonyl (C=O) groups is 1. The Morgan fingerprint density at radius 3 is 2.28 bits per heavy atom. The molecule has 0 spiro atoms. The second-order valence-corrected chi connectivity index (χ2v) is 8.24. The van der Waals surface area contributed by atoms with Gasteiger partial charge in [0.15, 0.2) is 18.1 Å². The van der Waals surface area contributed by atoms with Crippen LogP contribution in [0, 0.1) is 6.92 Å². The van der Waals surface area contributed by atoms with Crippen LogP contribution in [0.1, 0.15) is 18.1 Å². The summed E-state index contributed by atoms with van der Waals surface area (Å²) in [6.45, 7) is 4.55. The molecule has 1 amide bonds. The summed E-state index contributed by atoms with van der Waals surface area (Å²) in [5.41, 5.74) is 3.51. The number of hydrogen-bond acceptors (Lipinski definition) is 4. The molecule has 8 heteroatoms. The zero-order valence-electron chi connectivity index (χ0n) is 17.7. The number of aryl methyl sites for hydroxylation is 1. The van der Waals surface area contributed by atoms with Gasteiger partial charge in [-0.25, -0.2) is 0 Å². The lowest BCUT2D eigenvalue weighted by Crippen LogP contribution is -2.20. The summed E-state index contributed by atoms with van der Waals surface area (Å²) in [5, 5.41) is 7.37. The van der Waals surface area contributed by atoms with Gasteiger partial charge in [-0.2, -0.15) is 0 Å². The molecule has 32 heavy (non-hydrogen) atoms. The van der Waals surface area contributed by atoms with Crippen molar-refractivity contribution in [2.75, 3.05) is 23.8 Å². The quantitative estimate of drug-likeness (QED) is 0.337. The topological polar surface area (TPSA) is 59.6 Å². The predicted octanol–water partition coefficient (Wildman–Crippen LogP) is 6.98. The average molecular weight is 494 g/mol. The maximum absolute atomic E-state index is 12.3. The predicted molar refractivity (Wildman–Crippen MR) is 132 cm³/mol. The fourth-order valence-electron chi connectivity index (χ4n) is 2.91. The maximum Gasteiger partial charge on any atom is 0.262 e. The van der Waals surface area contributed by atoms with Crippen molar-refractivity contribution in [1.29, 1.82) is 0 Å². The second kappa shape index (κ2) is 11.3. The van der Waals surface area contributed by atoms with Crippen LogP contribution in [0.15, 0.2) is 54.6 Å². The van der Waals surface area contributed by atoms with E-state index in [1.807, 2.05) is 50.2 Å². The summed E-state index contributed by atoms with van der Waals surface area (Å²) in [5.74, 6) is 0.498. The smallest absolute Gasteiger partial charge is 0.262 e. The standard InChI is InChI=1S/C24H23Cl3N2O3/c1-3-31-22-11-16(13-28-18-8-9-19(25)20(26)12-18)10-21(27)24(22)32-14-23(30)29-17-6-4-15(2)5-7-17/h4-12,28H,3,13-14H2,1-2H3,(H,29,30). The highest BCUT2D eigenvalue weighted by atomic mass is 35.5. The van der Waals surface area contributed by atoms with Crippen molar-refractivity contribution in [2.24, 2.45) is 0 Å². The lowest BCUT2D eigenvalue weighted by molar-refractivity contribution is -0.118. The van der Waals surface area contributed by atoms with E-state index >= 15 is 0 Å². The number of ether oxygens (including phenoxy) is 2. The fourth-order valence-corrected chi connectivity index (χ4v) is 3.49. The Bertz CT molecular complexity index is 1090. The number of amides is 1. The first-order valence-corrected chi connectivity index (χ1v) is 11.1. The van der Waals surface area contributed by atoms with E-state index in [4.69, 9.17) is 44.3 Å². The van der Waals surface area contributed by atoms with Crippen molar-refractivity contribution in [2.45, 2.75) is 20.4 Å². The molecule has 0 radical (unpaired) electrons. The molecule has 3 aromatic rings. The molecule has 0 aliphatic rings. The third-order valence-corrected chi connectivity index (χ3v) is 5.49. The van der Waals surface area contributed by atoms with Gasteiger partial charge in [0.05, 0.1) is 21.7 Å². The highest BCUT2D eigenvalue weighted by molar-refractivity contribution is 6.42. The van der Waals surface area contributed by atoms with E-state index in [9.17, 15) is 4.79 Å². The largest absolute Gasteiger partial charge is 0.490 e. The highest BCUT2D eigenvalue weighted by Gasteiger charge is 2.15. The van der Waals surface area contributed by atoms with Gasteiger partial charge in [0.25, 0.3) is 5.91 Å². The van der Waals surface area contributed by atoms with Crippen LogP contribution in [0.4, 0.5) is 11.4 Å². The lowest BCUT2D eigenvalue weighted by Gasteiger charge is -2.16. The van der Waals surface area contributed by atoms with Crippen molar-refractivity contribution in [3.63, 3.8) is 0 Å².